The van der Waals surface area contributed by atoms with Gasteiger partial charge in [-0.2, -0.15) is 0 Å². The summed E-state index contributed by atoms with van der Waals surface area (Å²) in [6.07, 6.45) is -0.0106. The predicted molar refractivity (Wildman–Crippen MR) is 141 cm³/mol. The molecule has 35 heavy (non-hydrogen) atoms. The lowest BCUT2D eigenvalue weighted by atomic mass is 9.93. The lowest BCUT2D eigenvalue weighted by Gasteiger charge is -2.40. The Bertz CT molecular complexity index is 896. The highest BCUT2D eigenvalue weighted by atomic mass is 16.6. The Morgan fingerprint density at radius 2 is 1.57 bits per heavy atom. The van der Waals surface area contributed by atoms with Crippen molar-refractivity contribution in [3.63, 3.8) is 0 Å². The Morgan fingerprint density at radius 3 is 2.00 bits per heavy atom. The monoisotopic (exact) mass is 489 g/mol. The molecule has 3 amide bonds. The van der Waals surface area contributed by atoms with Gasteiger partial charge in [0.2, 0.25) is 11.8 Å². The second-order valence-electron chi connectivity index (χ2n) is 11.9. The number of hydrogen-bond donors (Lipinski definition) is 2. The van der Waals surface area contributed by atoms with E-state index in [4.69, 9.17) is 4.74 Å². The first-order valence-corrected chi connectivity index (χ1v) is 12.6. The maximum Gasteiger partial charge on any atom is 0.408 e. The average molecular weight is 490 g/mol. The van der Waals surface area contributed by atoms with E-state index in [2.05, 4.69) is 10.6 Å². The number of ether oxygens (including phenoxy) is 1. The van der Waals surface area contributed by atoms with Crippen LogP contribution in [0.25, 0.3) is 0 Å². The fourth-order valence-electron chi connectivity index (χ4n) is 3.89. The predicted octanol–water partition coefficient (Wildman–Crippen LogP) is 5.44. The summed E-state index contributed by atoms with van der Waals surface area (Å²) in [7, 11) is 0. The molecule has 3 atom stereocenters. The number of benzene rings is 1. The van der Waals surface area contributed by atoms with Crippen molar-refractivity contribution in [2.75, 3.05) is 0 Å². The van der Waals surface area contributed by atoms with Crippen molar-refractivity contribution in [1.82, 2.24) is 15.5 Å². The molecule has 0 aromatic heterocycles. The van der Waals surface area contributed by atoms with E-state index in [0.717, 1.165) is 16.7 Å². The van der Waals surface area contributed by atoms with Gasteiger partial charge in [-0.05, 0) is 85.8 Å². The number of rotatable bonds is 8. The standard InChI is InChI=1S/C28H47N3O4/c1-13-20(6)31(25(33)22(17(2)3)29-26(34)35-28(10,11)12)23(24(32)30-27(7,8)9)21-15-14-18(4)16-19(21)5/h14-17,20,22-23H,13H2,1-12H3,(H,29,34)(H,30,32). The molecule has 0 saturated heterocycles. The number of carbonyl (C=O) groups is 3. The molecule has 0 aliphatic rings. The minimum absolute atomic E-state index is 0.216. The zero-order valence-electron chi connectivity index (χ0n) is 23.8. The lowest BCUT2D eigenvalue weighted by Crippen LogP contribution is -2.58. The van der Waals surface area contributed by atoms with Crippen LogP contribution in [0.4, 0.5) is 4.79 Å². The topological polar surface area (TPSA) is 87.7 Å². The molecule has 1 aromatic rings. The van der Waals surface area contributed by atoms with Gasteiger partial charge in [0, 0.05) is 11.6 Å². The fraction of sp³-hybridized carbons (Fsp3) is 0.679. The molecule has 2 N–H and O–H groups in total. The second kappa shape index (κ2) is 11.9. The summed E-state index contributed by atoms with van der Waals surface area (Å²) in [6.45, 7) is 22.7. The molecule has 7 nitrogen and oxygen atoms in total. The lowest BCUT2D eigenvalue weighted by molar-refractivity contribution is -0.146. The summed E-state index contributed by atoms with van der Waals surface area (Å²) in [5.74, 6) is -0.779. The molecule has 0 aliphatic carbocycles. The highest BCUT2D eigenvalue weighted by molar-refractivity contribution is 5.93. The van der Waals surface area contributed by atoms with Crippen LogP contribution in [0.15, 0.2) is 18.2 Å². The first-order valence-electron chi connectivity index (χ1n) is 12.6. The Labute approximate surface area is 212 Å². The number of aryl methyl sites for hydroxylation is 2. The van der Waals surface area contributed by atoms with Gasteiger partial charge in [-0.1, -0.05) is 44.5 Å². The third-order valence-corrected chi connectivity index (χ3v) is 5.67. The van der Waals surface area contributed by atoms with Crippen LogP contribution < -0.4 is 10.6 Å². The second-order valence-corrected chi connectivity index (χ2v) is 11.9. The van der Waals surface area contributed by atoms with Crippen molar-refractivity contribution in [1.29, 1.82) is 0 Å². The third-order valence-electron chi connectivity index (χ3n) is 5.67. The summed E-state index contributed by atoms with van der Waals surface area (Å²) in [5.41, 5.74) is 1.60. The zero-order chi connectivity index (χ0) is 27.3. The van der Waals surface area contributed by atoms with Gasteiger partial charge in [-0.25, -0.2) is 4.79 Å². The van der Waals surface area contributed by atoms with Crippen LogP contribution >= 0.6 is 0 Å². The molecule has 3 unspecified atom stereocenters. The van der Waals surface area contributed by atoms with Gasteiger partial charge < -0.3 is 20.3 Å². The van der Waals surface area contributed by atoms with Crippen molar-refractivity contribution < 1.29 is 19.1 Å². The van der Waals surface area contributed by atoms with E-state index in [0.29, 0.717) is 6.42 Å². The summed E-state index contributed by atoms with van der Waals surface area (Å²) in [6, 6.07) is 3.95. The summed E-state index contributed by atoms with van der Waals surface area (Å²) in [4.78, 5) is 42.1. The average Bonchev–Trinajstić information content (AvgIpc) is 2.67. The van der Waals surface area contributed by atoms with E-state index in [-0.39, 0.29) is 23.8 Å². The van der Waals surface area contributed by atoms with Crippen molar-refractivity contribution in [3.05, 3.63) is 34.9 Å². The van der Waals surface area contributed by atoms with Gasteiger partial charge in [0.05, 0.1) is 0 Å². The first-order chi connectivity index (χ1) is 15.9. The molecule has 0 heterocycles. The molecule has 0 fully saturated rings. The van der Waals surface area contributed by atoms with Gasteiger partial charge in [0.1, 0.15) is 17.7 Å². The largest absolute Gasteiger partial charge is 0.444 e. The first kappa shape index (κ1) is 30.5. The van der Waals surface area contributed by atoms with Gasteiger partial charge in [-0.3, -0.25) is 9.59 Å². The van der Waals surface area contributed by atoms with E-state index in [1.165, 1.54) is 0 Å². The number of nitrogens with zero attached hydrogens (tertiary/aromatic N) is 1. The van der Waals surface area contributed by atoms with Crippen LogP contribution in [0.1, 0.15) is 98.4 Å². The van der Waals surface area contributed by atoms with Crippen LogP contribution in [0, 0.1) is 19.8 Å². The highest BCUT2D eigenvalue weighted by Crippen LogP contribution is 2.30. The molecule has 0 spiro atoms. The minimum atomic E-state index is -0.852. The van der Waals surface area contributed by atoms with E-state index in [9.17, 15) is 14.4 Å². The number of nitrogens with one attached hydrogen (secondary N) is 2. The zero-order valence-corrected chi connectivity index (χ0v) is 23.8. The molecule has 0 bridgehead atoms. The van der Waals surface area contributed by atoms with E-state index < -0.39 is 29.3 Å². The van der Waals surface area contributed by atoms with Crippen molar-refractivity contribution in [2.24, 2.45) is 5.92 Å². The molecular weight excluding hydrogens is 442 g/mol. The molecule has 1 rings (SSSR count). The molecule has 0 radical (unpaired) electrons. The normalized spacial score (nSPS) is 14.7. The van der Waals surface area contributed by atoms with Crippen LogP contribution in [0.2, 0.25) is 0 Å². The molecule has 7 heteroatoms. The maximum absolute atomic E-state index is 14.1. The molecule has 1 aromatic carbocycles. The Kier molecular flexibility index (Phi) is 10.4. The van der Waals surface area contributed by atoms with Gasteiger partial charge in [0.25, 0.3) is 0 Å². The van der Waals surface area contributed by atoms with Gasteiger partial charge in [-0.15, -0.1) is 0 Å². The highest BCUT2D eigenvalue weighted by Gasteiger charge is 2.40. The minimum Gasteiger partial charge on any atom is -0.444 e. The Balaban J connectivity index is 3.62. The Hall–Kier alpha value is -2.57. The number of alkyl carbamates (subject to hydrolysis) is 1. The number of hydrogen-bond acceptors (Lipinski definition) is 4. The van der Waals surface area contributed by atoms with Crippen molar-refractivity contribution in [3.8, 4) is 0 Å². The number of amides is 3. The van der Waals surface area contributed by atoms with Crippen LogP contribution in [-0.4, -0.2) is 46.0 Å². The summed E-state index contributed by atoms with van der Waals surface area (Å²) < 4.78 is 5.43. The Morgan fingerprint density at radius 1 is 1.00 bits per heavy atom. The van der Waals surface area contributed by atoms with E-state index in [1.807, 2.05) is 80.5 Å². The smallest absolute Gasteiger partial charge is 0.408 e. The molecular formula is C28H47N3O4. The van der Waals surface area contributed by atoms with Crippen molar-refractivity contribution in [2.45, 2.75) is 119 Å². The fourth-order valence-corrected chi connectivity index (χ4v) is 3.89. The molecule has 0 aliphatic heterocycles. The van der Waals surface area contributed by atoms with Crippen molar-refractivity contribution >= 4 is 17.9 Å². The van der Waals surface area contributed by atoms with Crippen LogP contribution in [0.3, 0.4) is 0 Å². The number of carbonyl (C=O) groups excluding carboxylic acids is 3. The maximum atomic E-state index is 14.1. The van der Waals surface area contributed by atoms with E-state index in [1.54, 1.807) is 25.7 Å². The third kappa shape index (κ3) is 9.19. The van der Waals surface area contributed by atoms with Gasteiger partial charge in [0.15, 0.2) is 0 Å². The van der Waals surface area contributed by atoms with Crippen LogP contribution in [0.5, 0.6) is 0 Å². The molecule has 0 saturated carbocycles. The quantitative estimate of drug-likeness (QED) is 0.509. The summed E-state index contributed by atoms with van der Waals surface area (Å²) in [5, 5.41) is 5.83. The van der Waals surface area contributed by atoms with Crippen LogP contribution in [-0.2, 0) is 14.3 Å². The van der Waals surface area contributed by atoms with E-state index >= 15 is 0 Å². The SMILES string of the molecule is CCC(C)N(C(=O)C(NC(=O)OC(C)(C)C)C(C)C)C(C(=O)NC(C)(C)C)c1ccc(C)cc1C. The van der Waals surface area contributed by atoms with Gasteiger partial charge >= 0.3 is 6.09 Å². The molecule has 198 valence electrons. The summed E-state index contributed by atoms with van der Waals surface area (Å²) >= 11 is 0.